The van der Waals surface area contributed by atoms with Gasteiger partial charge in [-0.3, -0.25) is 5.01 Å². The van der Waals surface area contributed by atoms with E-state index in [9.17, 15) is 26.3 Å². The quantitative estimate of drug-likeness (QED) is 0.342. The van der Waals surface area contributed by atoms with Crippen molar-refractivity contribution in [1.29, 1.82) is 0 Å². The van der Waals surface area contributed by atoms with E-state index in [-0.39, 0.29) is 36.2 Å². The number of rotatable bonds is 8. The van der Waals surface area contributed by atoms with Gasteiger partial charge in [-0.1, -0.05) is 6.92 Å². The van der Waals surface area contributed by atoms with E-state index in [0.29, 0.717) is 24.5 Å². The minimum absolute atomic E-state index is 0.134. The second-order valence-electron chi connectivity index (χ2n) is 9.26. The van der Waals surface area contributed by atoms with Gasteiger partial charge in [0.05, 0.1) is 30.8 Å². The van der Waals surface area contributed by atoms with E-state index in [1.807, 2.05) is 24.5 Å². The number of alkyl halides is 6. The van der Waals surface area contributed by atoms with Crippen LogP contribution in [0.1, 0.15) is 48.1 Å². The van der Waals surface area contributed by atoms with Gasteiger partial charge in [-0.05, 0) is 61.1 Å². The van der Waals surface area contributed by atoms with Gasteiger partial charge in [-0.2, -0.15) is 38.1 Å². The fourth-order valence-corrected chi connectivity index (χ4v) is 4.92. The number of hydrazone groups is 1. The zero-order valence-corrected chi connectivity index (χ0v) is 22.4. The van der Waals surface area contributed by atoms with E-state index >= 15 is 0 Å². The summed E-state index contributed by atoms with van der Waals surface area (Å²) in [5, 5.41) is 14.3. The third-order valence-corrected chi connectivity index (χ3v) is 7.20. The molecular weight excluding hydrogens is 546 g/mol. The third-order valence-electron chi connectivity index (χ3n) is 6.60. The highest BCUT2D eigenvalue weighted by atomic mass is 32.2. The number of benzene rings is 2. The number of halogens is 6. The Kier molecular flexibility index (Phi) is 8.64. The largest absolute Gasteiger partial charge is 0.497 e. The molecule has 0 saturated heterocycles. The molecule has 214 valence electrons. The van der Waals surface area contributed by atoms with Gasteiger partial charge in [-0.25, -0.2) is 5.53 Å². The fraction of sp³-hybridized carbons (Fsp3) is 0.480. The lowest BCUT2D eigenvalue weighted by Crippen LogP contribution is -2.51. The van der Waals surface area contributed by atoms with Crippen LogP contribution in [-0.4, -0.2) is 47.8 Å². The number of nitrogens with one attached hydrogen (secondary N) is 3. The summed E-state index contributed by atoms with van der Waals surface area (Å²) >= 11 is 1.54. The monoisotopic (exact) mass is 576 g/mol. The van der Waals surface area contributed by atoms with Crippen LogP contribution in [0.3, 0.4) is 0 Å². The molecule has 2 heterocycles. The Balaban J connectivity index is 1.66. The van der Waals surface area contributed by atoms with E-state index in [0.717, 1.165) is 29.8 Å². The molecule has 0 fully saturated rings. The molecule has 2 aliphatic rings. The molecule has 0 unspecified atom stereocenters. The van der Waals surface area contributed by atoms with E-state index in [1.165, 1.54) is 5.01 Å². The minimum atomic E-state index is -4.93. The average molecular weight is 577 g/mol. The summed E-state index contributed by atoms with van der Waals surface area (Å²) in [5.74, 6) is 1.59. The van der Waals surface area contributed by atoms with Gasteiger partial charge in [0.1, 0.15) is 5.75 Å². The van der Waals surface area contributed by atoms with E-state index in [2.05, 4.69) is 28.2 Å². The first kappa shape index (κ1) is 29.0. The van der Waals surface area contributed by atoms with Crippen LogP contribution in [-0.2, 0) is 18.9 Å². The molecule has 39 heavy (non-hydrogen) atoms. The average Bonchev–Trinajstić information content (AvgIpc) is 3.26. The highest BCUT2D eigenvalue weighted by molar-refractivity contribution is 7.98. The molecule has 0 saturated carbocycles. The molecule has 2 aliphatic heterocycles. The van der Waals surface area contributed by atoms with Crippen molar-refractivity contribution in [1.82, 2.24) is 21.0 Å². The van der Waals surface area contributed by atoms with Gasteiger partial charge in [0.2, 0.25) is 5.96 Å². The second-order valence-corrected chi connectivity index (χ2v) is 10.2. The molecule has 14 heteroatoms. The zero-order valence-electron chi connectivity index (χ0n) is 21.6. The first-order valence-electron chi connectivity index (χ1n) is 12.3. The van der Waals surface area contributed by atoms with Crippen LogP contribution in [0.2, 0.25) is 0 Å². The molecule has 7 nitrogen and oxygen atoms in total. The molecule has 0 aromatic heterocycles. The lowest BCUT2D eigenvalue weighted by Gasteiger charge is -2.36. The van der Waals surface area contributed by atoms with Crippen molar-refractivity contribution in [2.75, 3.05) is 31.0 Å². The van der Waals surface area contributed by atoms with Crippen molar-refractivity contribution in [3.8, 4) is 5.75 Å². The summed E-state index contributed by atoms with van der Waals surface area (Å²) in [6, 6.07) is 7.20. The van der Waals surface area contributed by atoms with Crippen LogP contribution in [0.5, 0.6) is 5.75 Å². The normalized spacial score (nSPS) is 19.7. The van der Waals surface area contributed by atoms with Crippen molar-refractivity contribution in [2.24, 2.45) is 5.10 Å². The summed E-state index contributed by atoms with van der Waals surface area (Å²) in [5.41, 5.74) is 1.82. The molecular formula is C25H30F6N6OS. The summed E-state index contributed by atoms with van der Waals surface area (Å²) in [4.78, 5) is 0. The third kappa shape index (κ3) is 6.78. The van der Waals surface area contributed by atoms with Crippen molar-refractivity contribution < 1.29 is 31.1 Å². The standard InChI is InChI=1S/C25H30F6N6OS/c1-4-18-12-22(20-13-19(38-2)5-6-21(20)32-18)33-23-34-35-37(7-8-39-3)36(23)14-15-9-16(24(26,27)28)11-17(10-15)25(29,30)31/h5-6,9-11,13,18,22,32,35H,4,7-8,12,14H2,1-3H3,(H,33,34)/t18-,22+/m1/s1. The van der Waals surface area contributed by atoms with E-state index in [4.69, 9.17) is 4.74 Å². The maximum Gasteiger partial charge on any atom is 0.416 e. The maximum absolute atomic E-state index is 13.5. The van der Waals surface area contributed by atoms with E-state index < -0.39 is 23.5 Å². The fourth-order valence-electron chi connectivity index (χ4n) is 4.57. The van der Waals surface area contributed by atoms with Gasteiger partial charge in [-0.15, -0.1) is 10.2 Å². The molecule has 0 bridgehead atoms. The highest BCUT2D eigenvalue weighted by Crippen LogP contribution is 2.38. The number of nitrogens with zero attached hydrogens (tertiary/aromatic N) is 3. The Labute approximate surface area is 226 Å². The molecule has 0 radical (unpaired) electrons. The lowest BCUT2D eigenvalue weighted by atomic mass is 9.91. The first-order chi connectivity index (χ1) is 18.4. The number of ether oxygens (including phenoxy) is 1. The van der Waals surface area contributed by atoms with Crippen LogP contribution in [0, 0.1) is 0 Å². The number of hydrazine groups is 2. The predicted octanol–water partition coefficient (Wildman–Crippen LogP) is 5.83. The van der Waals surface area contributed by atoms with Crippen LogP contribution in [0.15, 0.2) is 41.5 Å². The van der Waals surface area contributed by atoms with Gasteiger partial charge >= 0.3 is 12.4 Å². The van der Waals surface area contributed by atoms with E-state index in [1.54, 1.807) is 24.0 Å². The first-order valence-corrected chi connectivity index (χ1v) is 13.7. The van der Waals surface area contributed by atoms with Gasteiger partial charge in [0, 0.05) is 29.6 Å². The van der Waals surface area contributed by atoms with Crippen LogP contribution in [0.25, 0.3) is 0 Å². The lowest BCUT2D eigenvalue weighted by molar-refractivity contribution is -0.143. The summed E-state index contributed by atoms with van der Waals surface area (Å²) in [6.07, 6.45) is -6.44. The van der Waals surface area contributed by atoms with Crippen LogP contribution >= 0.6 is 11.8 Å². The summed E-state index contributed by atoms with van der Waals surface area (Å²) < 4.78 is 86.3. The zero-order chi connectivity index (χ0) is 28.4. The summed E-state index contributed by atoms with van der Waals surface area (Å²) in [6.45, 7) is 2.20. The Morgan fingerprint density at radius 3 is 2.36 bits per heavy atom. The van der Waals surface area contributed by atoms with Crippen molar-refractivity contribution in [3.05, 3.63) is 58.7 Å². The number of anilines is 1. The van der Waals surface area contributed by atoms with Crippen LogP contribution < -0.4 is 20.9 Å². The van der Waals surface area contributed by atoms with Crippen molar-refractivity contribution >= 4 is 23.4 Å². The molecule has 0 spiro atoms. The molecule has 0 aliphatic carbocycles. The van der Waals surface area contributed by atoms with Crippen LogP contribution in [0.4, 0.5) is 32.0 Å². The van der Waals surface area contributed by atoms with Crippen molar-refractivity contribution in [3.63, 3.8) is 0 Å². The molecule has 3 N–H and O–H groups in total. The molecule has 2 aromatic rings. The minimum Gasteiger partial charge on any atom is -0.497 e. The van der Waals surface area contributed by atoms with Gasteiger partial charge in [0.15, 0.2) is 0 Å². The Morgan fingerprint density at radius 1 is 1.08 bits per heavy atom. The maximum atomic E-state index is 13.5. The second kappa shape index (κ2) is 11.6. The number of thioether (sulfide) groups is 1. The highest BCUT2D eigenvalue weighted by Gasteiger charge is 2.38. The smallest absolute Gasteiger partial charge is 0.416 e. The predicted molar refractivity (Wildman–Crippen MR) is 139 cm³/mol. The topological polar surface area (TPSA) is 64.2 Å². The number of hydrogen-bond acceptors (Lipinski definition) is 8. The molecule has 2 aromatic carbocycles. The number of guanidine groups is 1. The number of hydrogen-bond donors (Lipinski definition) is 3. The number of methoxy groups -OCH3 is 1. The molecule has 2 atom stereocenters. The SMILES string of the molecule is CC[C@@H]1C[C@H](NC2=NNN(CCSC)N2Cc2cc(C(F)(F)F)cc(C(F)(F)F)c2)c2cc(OC)ccc2N1. The molecule has 0 amide bonds. The Hall–Kier alpha value is -3.00. The Morgan fingerprint density at radius 2 is 1.77 bits per heavy atom. The Bertz CT molecular complexity index is 1160. The van der Waals surface area contributed by atoms with Gasteiger partial charge < -0.3 is 15.4 Å². The van der Waals surface area contributed by atoms with Gasteiger partial charge in [0.25, 0.3) is 0 Å². The summed E-state index contributed by atoms with van der Waals surface area (Å²) in [7, 11) is 1.57. The van der Waals surface area contributed by atoms with Crippen molar-refractivity contribution in [2.45, 2.75) is 50.7 Å². The molecule has 4 rings (SSSR count). The number of fused-ring (bicyclic) bond motifs is 1.